The van der Waals surface area contributed by atoms with Crippen LogP contribution in [0.5, 0.6) is 0 Å². The molecule has 0 spiro atoms. The normalized spacial score (nSPS) is 12.4. The summed E-state index contributed by atoms with van der Waals surface area (Å²) in [6.07, 6.45) is 5.53. The molecular weight excluding hydrogens is 460 g/mol. The smallest absolute Gasteiger partial charge is 0.196 e. The molecule has 0 amide bonds. The Kier molecular flexibility index (Phi) is 11.9. The molecule has 196 valence electrons. The Morgan fingerprint density at radius 3 is 1.44 bits per heavy atom. The summed E-state index contributed by atoms with van der Waals surface area (Å²) in [5.74, 6) is -0.269. The monoisotopic (exact) mass is 498 g/mol. The lowest BCUT2D eigenvalue weighted by Crippen LogP contribution is -2.24. The highest BCUT2D eigenvalue weighted by molar-refractivity contribution is 6.31. The Morgan fingerprint density at radius 1 is 0.583 bits per heavy atom. The second-order valence-corrected chi connectivity index (χ2v) is 8.76. The van der Waals surface area contributed by atoms with Crippen LogP contribution in [0.25, 0.3) is 0 Å². The number of ketones is 2. The van der Waals surface area contributed by atoms with E-state index in [1.807, 2.05) is 12.1 Å². The maximum atomic E-state index is 13.5. The quantitative estimate of drug-likeness (QED) is 0.196. The van der Waals surface area contributed by atoms with Crippen molar-refractivity contribution in [3.63, 3.8) is 0 Å². The topological polar surface area (TPSA) is 117 Å². The minimum atomic E-state index is -0.134. The van der Waals surface area contributed by atoms with Gasteiger partial charge in [0.1, 0.15) is 0 Å². The second kappa shape index (κ2) is 15.4. The van der Waals surface area contributed by atoms with Gasteiger partial charge >= 0.3 is 0 Å². The van der Waals surface area contributed by atoms with Crippen molar-refractivity contribution in [3.8, 4) is 0 Å². The van der Waals surface area contributed by atoms with E-state index in [9.17, 15) is 9.59 Å². The van der Waals surface area contributed by atoms with Crippen LogP contribution in [0.4, 0.5) is 11.4 Å². The van der Waals surface area contributed by atoms with E-state index < -0.39 is 0 Å². The Morgan fingerprint density at radius 2 is 1.03 bits per heavy atom. The number of aliphatic hydroxyl groups excluding tert-OH is 2. The number of hydrogen-bond acceptors (Lipinski definition) is 8. The molecule has 1 aliphatic rings. The molecule has 0 atom stereocenters. The van der Waals surface area contributed by atoms with Crippen LogP contribution >= 0.6 is 0 Å². The van der Waals surface area contributed by atoms with Gasteiger partial charge in [-0.25, -0.2) is 0 Å². The Bertz CT molecular complexity index is 916. The third-order valence-electron chi connectivity index (χ3n) is 6.11. The van der Waals surface area contributed by atoms with Gasteiger partial charge in [0.2, 0.25) is 0 Å². The van der Waals surface area contributed by atoms with E-state index in [0.29, 0.717) is 73.1 Å². The predicted molar refractivity (Wildman–Crippen MR) is 140 cm³/mol. The fraction of sp³-hybridized carbons (Fsp3) is 0.500. The molecule has 4 N–H and O–H groups in total. The van der Waals surface area contributed by atoms with Crippen molar-refractivity contribution in [2.45, 2.75) is 38.5 Å². The van der Waals surface area contributed by atoms with Gasteiger partial charge < -0.3 is 30.3 Å². The molecule has 0 saturated heterocycles. The minimum Gasteiger partial charge on any atom is -0.394 e. The molecule has 0 saturated carbocycles. The molecule has 1 aliphatic carbocycles. The minimum absolute atomic E-state index is 0.0355. The number of carbonyl (C=O) groups is 2. The van der Waals surface area contributed by atoms with Crippen LogP contribution in [0, 0.1) is 0 Å². The van der Waals surface area contributed by atoms with Crippen molar-refractivity contribution in [1.82, 2.24) is 0 Å². The van der Waals surface area contributed by atoms with Gasteiger partial charge in [0.15, 0.2) is 11.6 Å². The number of rotatable bonds is 18. The third-order valence-corrected chi connectivity index (χ3v) is 6.11. The number of nitrogens with one attached hydrogen (secondary N) is 2. The van der Waals surface area contributed by atoms with Crippen LogP contribution < -0.4 is 10.6 Å². The molecule has 3 rings (SSSR count). The summed E-state index contributed by atoms with van der Waals surface area (Å²) in [5.41, 5.74) is 3.12. The van der Waals surface area contributed by atoms with Gasteiger partial charge in [0.05, 0.1) is 37.6 Å². The van der Waals surface area contributed by atoms with E-state index in [1.165, 1.54) is 0 Å². The number of fused-ring (bicyclic) bond motifs is 2. The van der Waals surface area contributed by atoms with Crippen molar-refractivity contribution in [3.05, 3.63) is 58.7 Å². The molecule has 2 aromatic rings. The van der Waals surface area contributed by atoms with Gasteiger partial charge in [-0.05, 0) is 50.7 Å². The van der Waals surface area contributed by atoms with Crippen LogP contribution in [0.1, 0.15) is 70.4 Å². The zero-order valence-corrected chi connectivity index (χ0v) is 20.9. The number of benzene rings is 2. The largest absolute Gasteiger partial charge is 0.394 e. The van der Waals surface area contributed by atoms with E-state index in [0.717, 1.165) is 38.5 Å². The summed E-state index contributed by atoms with van der Waals surface area (Å²) >= 11 is 0. The molecule has 0 radical (unpaired) electrons. The predicted octanol–water partition coefficient (Wildman–Crippen LogP) is 3.64. The van der Waals surface area contributed by atoms with E-state index >= 15 is 0 Å². The zero-order chi connectivity index (χ0) is 25.6. The first-order valence-corrected chi connectivity index (χ1v) is 12.9. The summed E-state index contributed by atoms with van der Waals surface area (Å²) in [7, 11) is 0. The van der Waals surface area contributed by atoms with E-state index in [1.54, 1.807) is 24.3 Å². The summed E-state index contributed by atoms with van der Waals surface area (Å²) in [6, 6.07) is 10.8. The van der Waals surface area contributed by atoms with Crippen molar-refractivity contribution < 1.29 is 29.3 Å². The lowest BCUT2D eigenvalue weighted by molar-refractivity contribution is 0.0897. The SMILES string of the molecule is O=C1c2ccccc2C(=O)c2c(NCCCCCOCCO)ccc(NCCCCCOCCO)c21. The van der Waals surface area contributed by atoms with Crippen molar-refractivity contribution in [1.29, 1.82) is 0 Å². The fourth-order valence-electron chi connectivity index (χ4n) is 4.31. The van der Waals surface area contributed by atoms with Gasteiger partial charge in [-0.2, -0.15) is 0 Å². The van der Waals surface area contributed by atoms with Crippen molar-refractivity contribution >= 4 is 22.9 Å². The number of ether oxygens (including phenoxy) is 2. The first kappa shape index (κ1) is 27.8. The number of hydrogen-bond donors (Lipinski definition) is 4. The number of aliphatic hydroxyl groups is 2. The van der Waals surface area contributed by atoms with Gasteiger partial charge in [-0.15, -0.1) is 0 Å². The maximum absolute atomic E-state index is 13.5. The average Bonchev–Trinajstić information content (AvgIpc) is 2.90. The first-order chi connectivity index (χ1) is 17.7. The van der Waals surface area contributed by atoms with E-state index in [4.69, 9.17) is 19.7 Å². The summed E-state index contributed by atoms with van der Waals surface area (Å²) in [5, 5.41) is 24.3. The molecule has 8 heteroatoms. The van der Waals surface area contributed by atoms with Gasteiger partial charge in [0, 0.05) is 48.8 Å². The van der Waals surface area contributed by atoms with Gasteiger partial charge in [-0.1, -0.05) is 24.3 Å². The lowest BCUT2D eigenvalue weighted by atomic mass is 9.82. The molecule has 0 unspecified atom stereocenters. The molecule has 8 nitrogen and oxygen atoms in total. The highest BCUT2D eigenvalue weighted by Crippen LogP contribution is 2.36. The van der Waals surface area contributed by atoms with E-state index in [2.05, 4.69) is 10.6 Å². The van der Waals surface area contributed by atoms with E-state index in [-0.39, 0.29) is 24.8 Å². The van der Waals surface area contributed by atoms with Crippen molar-refractivity contribution in [2.75, 3.05) is 63.4 Å². The second-order valence-electron chi connectivity index (χ2n) is 8.76. The molecule has 0 heterocycles. The Hall–Kier alpha value is -2.78. The molecule has 36 heavy (non-hydrogen) atoms. The standard InChI is InChI=1S/C28H38N2O6/c31-15-19-35-17-7-1-5-13-29-23-11-12-24(30-14-6-2-8-18-36-20-16-32)26-25(23)27(33)21-9-3-4-10-22(21)28(26)34/h3-4,9-12,29-32H,1-2,5-8,13-20H2. The highest BCUT2D eigenvalue weighted by atomic mass is 16.5. The highest BCUT2D eigenvalue weighted by Gasteiger charge is 2.33. The molecule has 0 aliphatic heterocycles. The number of carbonyl (C=O) groups excluding carboxylic acids is 2. The Balaban J connectivity index is 1.65. The molecule has 2 aromatic carbocycles. The fourth-order valence-corrected chi connectivity index (χ4v) is 4.31. The molecule has 0 fully saturated rings. The number of unbranched alkanes of at least 4 members (excludes halogenated alkanes) is 4. The van der Waals surface area contributed by atoms with Crippen LogP contribution in [-0.4, -0.2) is 74.5 Å². The van der Waals surface area contributed by atoms with Crippen LogP contribution in [0.2, 0.25) is 0 Å². The van der Waals surface area contributed by atoms with Gasteiger partial charge in [-0.3, -0.25) is 9.59 Å². The van der Waals surface area contributed by atoms with Crippen LogP contribution in [0.15, 0.2) is 36.4 Å². The summed E-state index contributed by atoms with van der Waals surface area (Å²) < 4.78 is 10.6. The lowest BCUT2D eigenvalue weighted by Gasteiger charge is -2.24. The number of anilines is 2. The first-order valence-electron chi connectivity index (χ1n) is 12.9. The molecule has 0 aromatic heterocycles. The molecular formula is C28H38N2O6. The third kappa shape index (κ3) is 7.61. The van der Waals surface area contributed by atoms with Crippen molar-refractivity contribution in [2.24, 2.45) is 0 Å². The maximum Gasteiger partial charge on any atom is 0.196 e. The van der Waals surface area contributed by atoms with Crippen LogP contribution in [0.3, 0.4) is 0 Å². The zero-order valence-electron chi connectivity index (χ0n) is 20.9. The summed E-state index contributed by atoms with van der Waals surface area (Å²) in [6.45, 7) is 3.40. The molecule has 0 bridgehead atoms. The summed E-state index contributed by atoms with van der Waals surface area (Å²) in [4.78, 5) is 26.9. The average molecular weight is 499 g/mol. The van der Waals surface area contributed by atoms with Crippen LogP contribution in [-0.2, 0) is 9.47 Å². The Labute approximate surface area is 213 Å². The van der Waals surface area contributed by atoms with Gasteiger partial charge in [0.25, 0.3) is 0 Å².